The van der Waals surface area contributed by atoms with E-state index in [-0.39, 0.29) is 16.7 Å². The van der Waals surface area contributed by atoms with Crippen molar-refractivity contribution in [3.8, 4) is 5.75 Å². The highest BCUT2D eigenvalue weighted by atomic mass is 35.5. The van der Waals surface area contributed by atoms with E-state index in [0.29, 0.717) is 12.1 Å². The highest BCUT2D eigenvalue weighted by molar-refractivity contribution is 7.98. The standard InChI is InChI=1S/C13H16ClNO4S/c1-20-6-2-3-12(16)15-9-4-5-11(10(14)7-9)19-8-13(17)18/h4-5,7H,2-3,6,8H2,1H3,(H,15,16)(H,17,18). The molecular weight excluding hydrogens is 302 g/mol. The van der Waals surface area contributed by atoms with E-state index in [9.17, 15) is 9.59 Å². The van der Waals surface area contributed by atoms with Crippen LogP contribution < -0.4 is 10.1 Å². The number of hydrogen-bond acceptors (Lipinski definition) is 4. The van der Waals surface area contributed by atoms with Gasteiger partial charge in [0.15, 0.2) is 6.61 Å². The first-order valence-electron chi connectivity index (χ1n) is 5.96. The first-order valence-corrected chi connectivity index (χ1v) is 7.73. The van der Waals surface area contributed by atoms with Crippen LogP contribution in [-0.4, -0.2) is 35.6 Å². The molecule has 2 N–H and O–H groups in total. The van der Waals surface area contributed by atoms with Crippen LogP contribution in [0.1, 0.15) is 12.8 Å². The molecular formula is C13H16ClNO4S. The number of rotatable bonds is 8. The van der Waals surface area contributed by atoms with Crippen LogP contribution in [0.2, 0.25) is 5.02 Å². The van der Waals surface area contributed by atoms with Crippen molar-refractivity contribution in [1.82, 2.24) is 0 Å². The molecule has 0 heterocycles. The minimum absolute atomic E-state index is 0.0747. The van der Waals surface area contributed by atoms with E-state index in [1.807, 2.05) is 6.26 Å². The van der Waals surface area contributed by atoms with Crippen molar-refractivity contribution in [3.05, 3.63) is 23.2 Å². The van der Waals surface area contributed by atoms with Gasteiger partial charge in [0, 0.05) is 12.1 Å². The molecule has 0 saturated carbocycles. The summed E-state index contributed by atoms with van der Waals surface area (Å²) in [5.74, 6) is 0.0619. The molecule has 1 aromatic rings. The summed E-state index contributed by atoms with van der Waals surface area (Å²) in [6.45, 7) is -0.458. The van der Waals surface area contributed by atoms with E-state index in [1.54, 1.807) is 17.8 Å². The number of aliphatic carboxylic acids is 1. The van der Waals surface area contributed by atoms with Crippen LogP contribution in [0.3, 0.4) is 0 Å². The van der Waals surface area contributed by atoms with Crippen LogP contribution in [0.25, 0.3) is 0 Å². The predicted molar refractivity (Wildman–Crippen MR) is 80.8 cm³/mol. The average molecular weight is 318 g/mol. The van der Waals surface area contributed by atoms with E-state index in [2.05, 4.69) is 5.32 Å². The van der Waals surface area contributed by atoms with Crippen LogP contribution in [-0.2, 0) is 9.59 Å². The van der Waals surface area contributed by atoms with Gasteiger partial charge in [0.1, 0.15) is 5.75 Å². The number of amides is 1. The van der Waals surface area contributed by atoms with Crippen LogP contribution >= 0.6 is 23.4 Å². The zero-order chi connectivity index (χ0) is 15.0. The lowest BCUT2D eigenvalue weighted by molar-refractivity contribution is -0.139. The van der Waals surface area contributed by atoms with Crippen molar-refractivity contribution in [3.63, 3.8) is 0 Å². The molecule has 0 fully saturated rings. The molecule has 5 nitrogen and oxygen atoms in total. The molecule has 1 amide bonds. The number of nitrogens with one attached hydrogen (secondary N) is 1. The first-order chi connectivity index (χ1) is 9.52. The van der Waals surface area contributed by atoms with Gasteiger partial charge in [0.05, 0.1) is 5.02 Å². The Kier molecular flexibility index (Phi) is 7.25. The number of benzene rings is 1. The van der Waals surface area contributed by atoms with E-state index in [4.69, 9.17) is 21.4 Å². The number of anilines is 1. The fraction of sp³-hybridized carbons (Fsp3) is 0.385. The molecule has 0 radical (unpaired) electrons. The fourth-order valence-electron chi connectivity index (χ4n) is 1.44. The molecule has 0 aromatic heterocycles. The summed E-state index contributed by atoms with van der Waals surface area (Å²) in [5, 5.41) is 11.5. The lowest BCUT2D eigenvalue weighted by Crippen LogP contribution is -2.12. The molecule has 1 rings (SSSR count). The maximum Gasteiger partial charge on any atom is 0.341 e. The predicted octanol–water partition coefficient (Wildman–Crippen LogP) is 2.89. The number of carbonyl (C=O) groups excluding carboxylic acids is 1. The number of halogens is 1. The highest BCUT2D eigenvalue weighted by Crippen LogP contribution is 2.27. The molecule has 0 spiro atoms. The first kappa shape index (κ1) is 16.7. The SMILES string of the molecule is CSCCCC(=O)Nc1ccc(OCC(=O)O)c(Cl)c1. The Morgan fingerprint density at radius 1 is 1.45 bits per heavy atom. The number of carboxylic acid groups (broad SMARTS) is 1. The van der Waals surface area contributed by atoms with Crippen LogP contribution in [0.5, 0.6) is 5.75 Å². The van der Waals surface area contributed by atoms with Gasteiger partial charge in [-0.05, 0) is 36.6 Å². The van der Waals surface area contributed by atoms with Gasteiger partial charge >= 0.3 is 5.97 Å². The van der Waals surface area contributed by atoms with Gasteiger partial charge in [-0.25, -0.2) is 4.79 Å². The zero-order valence-electron chi connectivity index (χ0n) is 11.0. The van der Waals surface area contributed by atoms with Crippen LogP contribution in [0.15, 0.2) is 18.2 Å². The largest absolute Gasteiger partial charge is 0.480 e. The maximum atomic E-state index is 11.6. The molecule has 0 bridgehead atoms. The Morgan fingerprint density at radius 2 is 2.20 bits per heavy atom. The third kappa shape index (κ3) is 6.16. The quantitative estimate of drug-likeness (QED) is 0.721. The van der Waals surface area contributed by atoms with E-state index in [1.165, 1.54) is 12.1 Å². The Balaban J connectivity index is 2.54. The van der Waals surface area contributed by atoms with Gasteiger partial charge in [-0.3, -0.25) is 4.79 Å². The molecule has 20 heavy (non-hydrogen) atoms. The van der Waals surface area contributed by atoms with Crippen molar-refractivity contribution in [1.29, 1.82) is 0 Å². The van der Waals surface area contributed by atoms with Crippen molar-refractivity contribution in [2.75, 3.05) is 23.9 Å². The molecule has 0 aliphatic rings. The Bertz CT molecular complexity index is 481. The summed E-state index contributed by atoms with van der Waals surface area (Å²) >= 11 is 7.65. The summed E-state index contributed by atoms with van der Waals surface area (Å²) in [7, 11) is 0. The summed E-state index contributed by atoms with van der Waals surface area (Å²) in [4.78, 5) is 22.0. The minimum Gasteiger partial charge on any atom is -0.480 e. The number of carbonyl (C=O) groups is 2. The molecule has 0 aliphatic heterocycles. The molecule has 0 aliphatic carbocycles. The van der Waals surface area contributed by atoms with Gasteiger partial charge in [0.25, 0.3) is 0 Å². The Morgan fingerprint density at radius 3 is 2.80 bits per heavy atom. The second kappa shape index (κ2) is 8.71. The van der Waals surface area contributed by atoms with Gasteiger partial charge in [-0.2, -0.15) is 11.8 Å². The highest BCUT2D eigenvalue weighted by Gasteiger charge is 2.07. The number of ether oxygens (including phenoxy) is 1. The molecule has 0 atom stereocenters. The van der Waals surface area contributed by atoms with E-state index >= 15 is 0 Å². The topological polar surface area (TPSA) is 75.6 Å². The fourth-order valence-corrected chi connectivity index (χ4v) is 2.10. The minimum atomic E-state index is -1.08. The van der Waals surface area contributed by atoms with E-state index < -0.39 is 12.6 Å². The van der Waals surface area contributed by atoms with Crippen molar-refractivity contribution in [2.24, 2.45) is 0 Å². The van der Waals surface area contributed by atoms with Crippen molar-refractivity contribution < 1.29 is 19.4 Å². The maximum absolute atomic E-state index is 11.6. The second-order valence-corrected chi connectivity index (χ2v) is 5.36. The smallest absolute Gasteiger partial charge is 0.341 e. The molecule has 1 aromatic carbocycles. The number of carboxylic acids is 1. The Hall–Kier alpha value is -1.40. The van der Waals surface area contributed by atoms with Crippen molar-refractivity contribution >= 4 is 40.9 Å². The molecule has 7 heteroatoms. The van der Waals surface area contributed by atoms with Gasteiger partial charge in [0.2, 0.25) is 5.91 Å². The molecule has 110 valence electrons. The third-order valence-corrected chi connectivity index (χ3v) is 3.31. The molecule has 0 unspecified atom stereocenters. The second-order valence-electron chi connectivity index (χ2n) is 3.97. The van der Waals surface area contributed by atoms with Crippen LogP contribution in [0.4, 0.5) is 5.69 Å². The lowest BCUT2D eigenvalue weighted by Gasteiger charge is -2.09. The summed E-state index contributed by atoms with van der Waals surface area (Å²) < 4.78 is 4.99. The Labute approximate surface area is 126 Å². The third-order valence-electron chi connectivity index (χ3n) is 2.32. The summed E-state index contributed by atoms with van der Waals surface area (Å²) in [6, 6.07) is 4.68. The average Bonchev–Trinajstić information content (AvgIpc) is 2.38. The monoisotopic (exact) mass is 317 g/mol. The lowest BCUT2D eigenvalue weighted by atomic mass is 10.2. The van der Waals surface area contributed by atoms with Gasteiger partial charge in [-0.15, -0.1) is 0 Å². The number of thioether (sulfide) groups is 1. The summed E-state index contributed by atoms with van der Waals surface area (Å²) in [6.07, 6.45) is 3.27. The molecule has 0 saturated heterocycles. The zero-order valence-corrected chi connectivity index (χ0v) is 12.6. The van der Waals surface area contributed by atoms with E-state index in [0.717, 1.165) is 12.2 Å². The van der Waals surface area contributed by atoms with Crippen LogP contribution in [0, 0.1) is 0 Å². The van der Waals surface area contributed by atoms with Crippen molar-refractivity contribution in [2.45, 2.75) is 12.8 Å². The normalized spacial score (nSPS) is 10.1. The van der Waals surface area contributed by atoms with Gasteiger partial charge in [-0.1, -0.05) is 11.6 Å². The summed E-state index contributed by atoms with van der Waals surface area (Å²) in [5.41, 5.74) is 0.562. The number of hydrogen-bond donors (Lipinski definition) is 2. The van der Waals surface area contributed by atoms with Gasteiger partial charge < -0.3 is 15.2 Å².